The van der Waals surface area contributed by atoms with E-state index in [2.05, 4.69) is 22.9 Å². The lowest BCUT2D eigenvalue weighted by Gasteiger charge is -2.33. The molecule has 0 aliphatic carbocycles. The molecule has 0 bridgehead atoms. The Morgan fingerprint density at radius 3 is 3.18 bits per heavy atom. The first kappa shape index (κ1) is 12.3. The van der Waals surface area contributed by atoms with Crippen molar-refractivity contribution < 1.29 is 4.74 Å². The number of hydrogen-bond acceptors (Lipinski definition) is 4. The zero-order valence-corrected chi connectivity index (χ0v) is 10.6. The van der Waals surface area contributed by atoms with E-state index in [-0.39, 0.29) is 12.1 Å². The minimum Gasteiger partial charge on any atom is -0.375 e. The van der Waals surface area contributed by atoms with E-state index in [9.17, 15) is 0 Å². The Kier molecular flexibility index (Phi) is 3.97. The van der Waals surface area contributed by atoms with Gasteiger partial charge in [0.25, 0.3) is 0 Å². The van der Waals surface area contributed by atoms with E-state index in [0.717, 1.165) is 31.9 Å². The van der Waals surface area contributed by atoms with Crippen molar-refractivity contribution in [2.45, 2.75) is 32.4 Å². The maximum Gasteiger partial charge on any atom is 0.131 e. The van der Waals surface area contributed by atoms with Gasteiger partial charge in [-0.05, 0) is 31.9 Å². The Morgan fingerprint density at radius 2 is 2.47 bits per heavy atom. The zero-order valence-electron chi connectivity index (χ0n) is 10.6. The van der Waals surface area contributed by atoms with Crippen molar-refractivity contribution in [2.24, 2.45) is 5.73 Å². The van der Waals surface area contributed by atoms with Gasteiger partial charge in [0.15, 0.2) is 0 Å². The van der Waals surface area contributed by atoms with Crippen LogP contribution in [0.3, 0.4) is 0 Å². The Hall–Kier alpha value is -1.13. The summed E-state index contributed by atoms with van der Waals surface area (Å²) in [5, 5.41) is 0. The second-order valence-electron chi connectivity index (χ2n) is 4.79. The topological polar surface area (TPSA) is 51.4 Å². The van der Waals surface area contributed by atoms with Crippen molar-refractivity contribution in [3.63, 3.8) is 0 Å². The van der Waals surface area contributed by atoms with Crippen molar-refractivity contribution in [1.29, 1.82) is 0 Å². The summed E-state index contributed by atoms with van der Waals surface area (Å²) in [6, 6.07) is 4.26. The summed E-state index contributed by atoms with van der Waals surface area (Å²) < 4.78 is 5.56. The number of rotatable bonds is 3. The smallest absolute Gasteiger partial charge is 0.131 e. The van der Waals surface area contributed by atoms with Crippen LogP contribution in [-0.4, -0.2) is 36.8 Å². The van der Waals surface area contributed by atoms with E-state index in [1.54, 1.807) is 0 Å². The summed E-state index contributed by atoms with van der Waals surface area (Å²) in [5.41, 5.74) is 7.11. The van der Waals surface area contributed by atoms with Crippen molar-refractivity contribution >= 4 is 5.82 Å². The molecule has 1 aromatic rings. The normalized spacial score (nSPS) is 22.5. The van der Waals surface area contributed by atoms with Crippen LogP contribution in [0.1, 0.15) is 19.4 Å². The average molecular weight is 235 g/mol. The fourth-order valence-electron chi connectivity index (χ4n) is 2.23. The number of nitrogens with two attached hydrogens (primary N) is 1. The first-order chi connectivity index (χ1) is 8.16. The molecule has 0 saturated carbocycles. The van der Waals surface area contributed by atoms with Gasteiger partial charge in [-0.2, -0.15) is 0 Å². The molecule has 17 heavy (non-hydrogen) atoms. The summed E-state index contributed by atoms with van der Waals surface area (Å²) in [4.78, 5) is 6.80. The SMILES string of the molecule is CC(N)Cc1cccnc1N1CCOC(C)C1. The molecule has 0 amide bonds. The van der Waals surface area contributed by atoms with Gasteiger partial charge in [0, 0.05) is 25.3 Å². The fourth-order valence-corrected chi connectivity index (χ4v) is 2.23. The first-order valence-electron chi connectivity index (χ1n) is 6.23. The Labute approximate surface area is 103 Å². The van der Waals surface area contributed by atoms with Gasteiger partial charge >= 0.3 is 0 Å². The maximum absolute atomic E-state index is 5.88. The third-order valence-electron chi connectivity index (χ3n) is 2.95. The van der Waals surface area contributed by atoms with Crippen LogP contribution in [-0.2, 0) is 11.2 Å². The lowest BCUT2D eigenvalue weighted by molar-refractivity contribution is 0.0529. The van der Waals surface area contributed by atoms with Gasteiger partial charge in [0.05, 0.1) is 12.7 Å². The molecule has 2 rings (SSSR count). The van der Waals surface area contributed by atoms with Gasteiger partial charge in [-0.3, -0.25) is 0 Å². The molecular weight excluding hydrogens is 214 g/mol. The quantitative estimate of drug-likeness (QED) is 0.855. The van der Waals surface area contributed by atoms with Gasteiger partial charge in [0.1, 0.15) is 5.82 Å². The number of hydrogen-bond donors (Lipinski definition) is 1. The van der Waals surface area contributed by atoms with Crippen molar-refractivity contribution in [3.8, 4) is 0 Å². The Balaban J connectivity index is 2.18. The molecule has 1 aliphatic heterocycles. The molecule has 2 atom stereocenters. The highest BCUT2D eigenvalue weighted by molar-refractivity contribution is 5.47. The second kappa shape index (κ2) is 5.47. The molecule has 0 aromatic carbocycles. The molecule has 2 heterocycles. The summed E-state index contributed by atoms with van der Waals surface area (Å²) in [6.45, 7) is 6.71. The van der Waals surface area contributed by atoms with Crippen LogP contribution in [0.4, 0.5) is 5.82 Å². The zero-order chi connectivity index (χ0) is 12.3. The molecule has 1 saturated heterocycles. The number of nitrogens with zero attached hydrogens (tertiary/aromatic N) is 2. The van der Waals surface area contributed by atoms with Gasteiger partial charge < -0.3 is 15.4 Å². The number of morpholine rings is 1. The van der Waals surface area contributed by atoms with E-state index in [4.69, 9.17) is 10.5 Å². The molecule has 1 fully saturated rings. The summed E-state index contributed by atoms with van der Waals surface area (Å²) in [7, 11) is 0. The molecule has 1 aromatic heterocycles. The van der Waals surface area contributed by atoms with Gasteiger partial charge in [-0.1, -0.05) is 6.07 Å². The predicted octanol–water partition coefficient (Wildman–Crippen LogP) is 1.20. The fraction of sp³-hybridized carbons (Fsp3) is 0.615. The Bertz CT molecular complexity index is 367. The minimum atomic E-state index is 0.163. The van der Waals surface area contributed by atoms with E-state index in [1.165, 1.54) is 5.56 Å². The third kappa shape index (κ3) is 3.17. The molecule has 94 valence electrons. The van der Waals surface area contributed by atoms with Crippen LogP contribution >= 0.6 is 0 Å². The molecule has 2 N–H and O–H groups in total. The molecule has 4 heteroatoms. The first-order valence-corrected chi connectivity index (χ1v) is 6.23. The average Bonchev–Trinajstić information content (AvgIpc) is 2.29. The minimum absolute atomic E-state index is 0.163. The monoisotopic (exact) mass is 235 g/mol. The van der Waals surface area contributed by atoms with Gasteiger partial charge in [0.2, 0.25) is 0 Å². The van der Waals surface area contributed by atoms with Crippen molar-refractivity contribution in [3.05, 3.63) is 23.9 Å². The molecule has 0 radical (unpaired) electrons. The predicted molar refractivity (Wildman–Crippen MR) is 69.2 cm³/mol. The highest BCUT2D eigenvalue weighted by Crippen LogP contribution is 2.20. The number of ether oxygens (including phenoxy) is 1. The van der Waals surface area contributed by atoms with Crippen LogP contribution < -0.4 is 10.6 Å². The van der Waals surface area contributed by atoms with Crippen LogP contribution in [0.5, 0.6) is 0 Å². The number of aromatic nitrogens is 1. The van der Waals surface area contributed by atoms with Gasteiger partial charge in [-0.25, -0.2) is 4.98 Å². The lowest BCUT2D eigenvalue weighted by Crippen LogP contribution is -2.42. The summed E-state index contributed by atoms with van der Waals surface area (Å²) >= 11 is 0. The maximum atomic E-state index is 5.88. The highest BCUT2D eigenvalue weighted by Gasteiger charge is 2.20. The van der Waals surface area contributed by atoms with Crippen LogP contribution in [0.2, 0.25) is 0 Å². The summed E-state index contributed by atoms with van der Waals surface area (Å²) in [5.74, 6) is 1.07. The summed E-state index contributed by atoms with van der Waals surface area (Å²) in [6.07, 6.45) is 2.99. The van der Waals surface area contributed by atoms with E-state index < -0.39 is 0 Å². The van der Waals surface area contributed by atoms with Gasteiger partial charge in [-0.15, -0.1) is 0 Å². The standard InChI is InChI=1S/C13H21N3O/c1-10(14)8-12-4-3-5-15-13(12)16-6-7-17-11(2)9-16/h3-5,10-11H,6-9,14H2,1-2H3. The second-order valence-corrected chi connectivity index (χ2v) is 4.79. The van der Waals surface area contributed by atoms with Crippen molar-refractivity contribution in [2.75, 3.05) is 24.6 Å². The molecular formula is C13H21N3O. The van der Waals surface area contributed by atoms with Crippen molar-refractivity contribution in [1.82, 2.24) is 4.98 Å². The largest absolute Gasteiger partial charge is 0.375 e. The molecule has 2 unspecified atom stereocenters. The highest BCUT2D eigenvalue weighted by atomic mass is 16.5. The number of pyridine rings is 1. The van der Waals surface area contributed by atoms with Crippen LogP contribution in [0, 0.1) is 0 Å². The number of anilines is 1. The third-order valence-corrected chi connectivity index (χ3v) is 2.95. The Morgan fingerprint density at radius 1 is 1.65 bits per heavy atom. The molecule has 1 aliphatic rings. The molecule has 4 nitrogen and oxygen atoms in total. The lowest BCUT2D eigenvalue weighted by atomic mass is 10.1. The van der Waals surface area contributed by atoms with Crippen LogP contribution in [0.15, 0.2) is 18.3 Å². The molecule has 0 spiro atoms. The van der Waals surface area contributed by atoms with E-state index in [0.29, 0.717) is 0 Å². The van der Waals surface area contributed by atoms with Crippen LogP contribution in [0.25, 0.3) is 0 Å². The van der Waals surface area contributed by atoms with E-state index >= 15 is 0 Å². The van der Waals surface area contributed by atoms with E-state index in [1.807, 2.05) is 19.2 Å².